The standard InChI is InChI=1S/C14H17N5O2S/c1-10(14(20)15-11-5-3-2-4-6-11)22(21)9-13-16-17-18-19(13)12-7-8-12/h2-6,10,12H,7-9H2,1H3,(H,15,20)/t10-,22+/m0/s1. The van der Waals surface area contributed by atoms with E-state index in [9.17, 15) is 9.00 Å². The van der Waals surface area contributed by atoms with E-state index in [4.69, 9.17) is 0 Å². The van der Waals surface area contributed by atoms with Crippen LogP contribution in [-0.4, -0.2) is 35.6 Å². The molecule has 1 heterocycles. The second-order valence-electron chi connectivity index (χ2n) is 5.29. The minimum absolute atomic E-state index is 0.187. The zero-order valence-electron chi connectivity index (χ0n) is 12.2. The van der Waals surface area contributed by atoms with Crippen LogP contribution in [0.2, 0.25) is 0 Å². The number of benzene rings is 1. The van der Waals surface area contributed by atoms with Crippen molar-refractivity contribution in [2.24, 2.45) is 0 Å². The lowest BCUT2D eigenvalue weighted by Gasteiger charge is -2.12. The maximum atomic E-state index is 12.4. The van der Waals surface area contributed by atoms with Gasteiger partial charge in [-0.05, 0) is 42.3 Å². The molecule has 1 aliphatic carbocycles. The van der Waals surface area contributed by atoms with Crippen LogP contribution < -0.4 is 5.32 Å². The molecule has 0 radical (unpaired) electrons. The quantitative estimate of drug-likeness (QED) is 0.866. The van der Waals surface area contributed by atoms with Gasteiger partial charge in [-0.25, -0.2) is 4.68 Å². The van der Waals surface area contributed by atoms with Gasteiger partial charge in [0.2, 0.25) is 5.91 Å². The number of aromatic nitrogens is 4. The van der Waals surface area contributed by atoms with E-state index in [1.165, 1.54) is 0 Å². The number of para-hydroxylation sites is 1. The zero-order chi connectivity index (χ0) is 15.5. The lowest BCUT2D eigenvalue weighted by Crippen LogP contribution is -2.30. The Kier molecular flexibility index (Phi) is 4.28. The second kappa shape index (κ2) is 6.35. The average Bonchev–Trinajstić information content (AvgIpc) is 3.27. The fourth-order valence-electron chi connectivity index (χ4n) is 2.05. The number of carbonyl (C=O) groups excluding carboxylic acids is 1. The number of rotatable bonds is 6. The van der Waals surface area contributed by atoms with Crippen molar-refractivity contribution in [3.8, 4) is 0 Å². The number of nitrogens with one attached hydrogen (secondary N) is 1. The van der Waals surface area contributed by atoms with Crippen molar-refractivity contribution < 1.29 is 9.00 Å². The lowest BCUT2D eigenvalue weighted by atomic mass is 10.3. The third-order valence-corrected chi connectivity index (χ3v) is 5.08. The molecule has 1 saturated carbocycles. The predicted octanol–water partition coefficient (Wildman–Crippen LogP) is 1.28. The van der Waals surface area contributed by atoms with Gasteiger partial charge in [-0.1, -0.05) is 18.2 Å². The first-order chi connectivity index (χ1) is 10.6. The number of tetrazole rings is 1. The smallest absolute Gasteiger partial charge is 0.239 e. The summed E-state index contributed by atoms with van der Waals surface area (Å²) in [7, 11) is -1.37. The molecule has 22 heavy (non-hydrogen) atoms. The van der Waals surface area contributed by atoms with Gasteiger partial charge in [0.15, 0.2) is 5.82 Å². The second-order valence-corrected chi connectivity index (χ2v) is 7.05. The molecule has 0 spiro atoms. The largest absolute Gasteiger partial charge is 0.325 e. The van der Waals surface area contributed by atoms with Crippen LogP contribution in [0.25, 0.3) is 0 Å². The highest BCUT2D eigenvalue weighted by atomic mass is 32.2. The molecule has 116 valence electrons. The summed E-state index contributed by atoms with van der Waals surface area (Å²) in [4.78, 5) is 12.2. The van der Waals surface area contributed by atoms with Crippen LogP contribution in [0.1, 0.15) is 31.6 Å². The monoisotopic (exact) mass is 319 g/mol. The van der Waals surface area contributed by atoms with Crippen molar-refractivity contribution in [1.29, 1.82) is 0 Å². The molecular formula is C14H17N5O2S. The Morgan fingerprint density at radius 2 is 2.14 bits per heavy atom. The molecule has 1 aromatic heterocycles. The van der Waals surface area contributed by atoms with Crippen molar-refractivity contribution in [1.82, 2.24) is 20.2 Å². The Balaban J connectivity index is 1.61. The van der Waals surface area contributed by atoms with Gasteiger partial charge in [0.05, 0.1) is 11.8 Å². The Hall–Kier alpha value is -2.09. The number of nitrogens with zero attached hydrogens (tertiary/aromatic N) is 4. The molecule has 0 unspecified atom stereocenters. The van der Waals surface area contributed by atoms with Crippen LogP contribution in [0.5, 0.6) is 0 Å². The molecule has 1 aromatic carbocycles. The highest BCUT2D eigenvalue weighted by Crippen LogP contribution is 2.34. The summed E-state index contributed by atoms with van der Waals surface area (Å²) in [6.07, 6.45) is 2.10. The minimum Gasteiger partial charge on any atom is -0.325 e. The predicted molar refractivity (Wildman–Crippen MR) is 82.5 cm³/mol. The first-order valence-corrected chi connectivity index (χ1v) is 8.53. The normalized spacial score (nSPS) is 17.0. The number of carbonyl (C=O) groups is 1. The maximum Gasteiger partial charge on any atom is 0.239 e. The van der Waals surface area contributed by atoms with Gasteiger partial charge in [-0.15, -0.1) is 5.10 Å². The highest BCUT2D eigenvalue weighted by molar-refractivity contribution is 7.85. The van der Waals surface area contributed by atoms with Crippen LogP contribution in [-0.2, 0) is 21.3 Å². The molecule has 0 aliphatic heterocycles. The molecule has 2 atom stereocenters. The average molecular weight is 319 g/mol. The van der Waals surface area contributed by atoms with Crippen molar-refractivity contribution in [2.45, 2.75) is 36.8 Å². The van der Waals surface area contributed by atoms with Crippen LogP contribution in [0.3, 0.4) is 0 Å². The van der Waals surface area contributed by atoms with Gasteiger partial charge in [0.1, 0.15) is 5.25 Å². The molecular weight excluding hydrogens is 302 g/mol. The molecule has 8 heteroatoms. The van der Waals surface area contributed by atoms with E-state index in [2.05, 4.69) is 20.8 Å². The van der Waals surface area contributed by atoms with Crippen molar-refractivity contribution in [3.05, 3.63) is 36.2 Å². The number of anilines is 1. The van der Waals surface area contributed by atoms with Gasteiger partial charge < -0.3 is 5.32 Å². The fraction of sp³-hybridized carbons (Fsp3) is 0.429. The lowest BCUT2D eigenvalue weighted by molar-refractivity contribution is -0.115. The van der Waals surface area contributed by atoms with E-state index in [1.807, 2.05) is 18.2 Å². The van der Waals surface area contributed by atoms with E-state index in [0.29, 0.717) is 17.6 Å². The van der Waals surface area contributed by atoms with Gasteiger partial charge >= 0.3 is 0 Å². The Morgan fingerprint density at radius 3 is 2.82 bits per heavy atom. The number of hydrogen-bond donors (Lipinski definition) is 1. The number of hydrogen-bond acceptors (Lipinski definition) is 5. The van der Waals surface area contributed by atoms with Crippen LogP contribution in [0.4, 0.5) is 5.69 Å². The summed E-state index contributed by atoms with van der Waals surface area (Å²) in [6.45, 7) is 1.65. The van der Waals surface area contributed by atoms with Gasteiger partial charge in [-0.2, -0.15) is 0 Å². The van der Waals surface area contributed by atoms with Crippen LogP contribution in [0.15, 0.2) is 30.3 Å². The van der Waals surface area contributed by atoms with Gasteiger partial charge in [0, 0.05) is 16.5 Å². The molecule has 1 fully saturated rings. The van der Waals surface area contributed by atoms with Gasteiger partial charge in [0.25, 0.3) is 0 Å². The number of amides is 1. The van der Waals surface area contributed by atoms with E-state index < -0.39 is 16.0 Å². The van der Waals surface area contributed by atoms with E-state index in [0.717, 1.165) is 12.8 Å². The van der Waals surface area contributed by atoms with E-state index in [1.54, 1.807) is 23.7 Å². The molecule has 1 aliphatic rings. The van der Waals surface area contributed by atoms with E-state index >= 15 is 0 Å². The summed E-state index contributed by atoms with van der Waals surface area (Å²) < 4.78 is 14.1. The Labute approximate surface area is 130 Å². The summed E-state index contributed by atoms with van der Waals surface area (Å²) in [6, 6.07) is 9.45. The third kappa shape index (κ3) is 3.38. The summed E-state index contributed by atoms with van der Waals surface area (Å²) >= 11 is 0. The zero-order valence-corrected chi connectivity index (χ0v) is 13.0. The SMILES string of the molecule is C[C@@H](C(=O)Nc1ccccc1)[S@](=O)Cc1nnnn1C1CC1. The highest BCUT2D eigenvalue weighted by Gasteiger charge is 2.29. The van der Waals surface area contributed by atoms with Crippen molar-refractivity contribution in [3.63, 3.8) is 0 Å². The maximum absolute atomic E-state index is 12.4. The first kappa shape index (κ1) is 14.8. The summed E-state index contributed by atoms with van der Waals surface area (Å²) in [5.41, 5.74) is 0.694. The molecule has 0 bridgehead atoms. The summed E-state index contributed by atoms with van der Waals surface area (Å²) in [5, 5.41) is 13.6. The molecule has 3 rings (SSSR count). The molecule has 7 nitrogen and oxygen atoms in total. The van der Waals surface area contributed by atoms with Crippen molar-refractivity contribution in [2.75, 3.05) is 5.32 Å². The van der Waals surface area contributed by atoms with Crippen molar-refractivity contribution >= 4 is 22.4 Å². The summed E-state index contributed by atoms with van der Waals surface area (Å²) in [5.74, 6) is 0.502. The van der Waals surface area contributed by atoms with Gasteiger partial charge in [-0.3, -0.25) is 9.00 Å². The fourth-order valence-corrected chi connectivity index (χ4v) is 3.04. The van der Waals surface area contributed by atoms with E-state index in [-0.39, 0.29) is 11.7 Å². The van der Waals surface area contributed by atoms with Crippen LogP contribution in [0, 0.1) is 0 Å². The third-order valence-electron chi connectivity index (χ3n) is 3.53. The minimum atomic E-state index is -1.37. The Bertz CT molecular complexity index is 684. The van der Waals surface area contributed by atoms with Crippen LogP contribution >= 0.6 is 0 Å². The molecule has 0 saturated heterocycles. The molecule has 2 aromatic rings. The molecule has 1 N–H and O–H groups in total. The Morgan fingerprint density at radius 1 is 1.41 bits per heavy atom. The first-order valence-electron chi connectivity index (χ1n) is 7.15. The topological polar surface area (TPSA) is 89.8 Å². The molecule has 1 amide bonds.